The Morgan fingerprint density at radius 1 is 1.00 bits per heavy atom. The van der Waals surface area contributed by atoms with Gasteiger partial charge in [0.25, 0.3) is 0 Å². The van der Waals surface area contributed by atoms with Gasteiger partial charge in [0.05, 0.1) is 0 Å². The van der Waals surface area contributed by atoms with Gasteiger partial charge in [0.15, 0.2) is 0 Å². The molecule has 0 fully saturated rings. The number of rotatable bonds is 3. The monoisotopic (exact) mass is 142 g/mol. The van der Waals surface area contributed by atoms with Crippen molar-refractivity contribution in [2.24, 2.45) is 0 Å². The molecule has 0 aliphatic heterocycles. The minimum atomic E-state index is -3.17. The molecule has 0 saturated heterocycles. The fraction of sp³-hybridized carbons (Fsp3) is 1.00. The van der Waals surface area contributed by atoms with Gasteiger partial charge in [-0.05, 0) is 0 Å². The van der Waals surface area contributed by atoms with Crippen LogP contribution in [0.1, 0.15) is 0 Å². The number of hydrogen-bond donors (Lipinski definition) is 1. The predicted octanol–water partition coefficient (Wildman–Crippen LogP) is 0.328. The quantitative estimate of drug-likeness (QED) is 0.577. The van der Waals surface area contributed by atoms with Crippen molar-refractivity contribution in [2.75, 3.05) is 21.3 Å². The molecule has 4 nitrogen and oxygen atoms in total. The van der Waals surface area contributed by atoms with Crippen molar-refractivity contribution in [3.8, 4) is 0 Å². The van der Waals surface area contributed by atoms with Gasteiger partial charge in [0.2, 0.25) is 0 Å². The third-order valence-corrected chi connectivity index (χ3v) is 2.32. The fourth-order valence-corrected chi connectivity index (χ4v) is 0.750. The Morgan fingerprint density at radius 3 is 1.25 bits per heavy atom. The van der Waals surface area contributed by atoms with Crippen molar-refractivity contribution in [3.05, 3.63) is 0 Å². The average Bonchev–Trinajstić information content (AvgIpc) is 1.87. The van der Waals surface area contributed by atoms with Gasteiger partial charge in [0.1, 0.15) is 0 Å². The molecule has 0 aromatic rings. The normalized spacial score (nSPS) is 14.0. The molecule has 0 unspecified atom stereocenters. The van der Waals surface area contributed by atoms with E-state index in [4.69, 9.17) is 4.89 Å². The van der Waals surface area contributed by atoms with Crippen molar-refractivity contribution in [3.63, 3.8) is 0 Å². The van der Waals surface area contributed by atoms with Gasteiger partial charge in [0, 0.05) is 0 Å². The van der Waals surface area contributed by atoms with E-state index in [1.54, 1.807) is 0 Å². The first-order valence-electron chi connectivity index (χ1n) is 2.06. The minimum absolute atomic E-state index is 1.33. The number of hydrogen-bond acceptors (Lipinski definition) is 4. The third-order valence-electron chi connectivity index (χ3n) is 0.774. The Hall–Kier alpha value is 0.270. The predicted molar refractivity (Wildman–Crippen MR) is 31.6 cm³/mol. The summed E-state index contributed by atoms with van der Waals surface area (Å²) in [6.45, 7) is 0. The maximum atomic E-state index is 8.91. The summed E-state index contributed by atoms with van der Waals surface area (Å²) >= 11 is 0. The van der Waals surface area contributed by atoms with Crippen molar-refractivity contribution in [1.29, 1.82) is 0 Å². The van der Waals surface area contributed by atoms with Crippen LogP contribution in [0.15, 0.2) is 0 Å². The van der Waals surface area contributed by atoms with Crippen LogP contribution in [0.2, 0.25) is 0 Å². The summed E-state index contributed by atoms with van der Waals surface area (Å²) in [6, 6.07) is 0. The molecule has 0 heterocycles. The average molecular weight is 142 g/mol. The zero-order valence-electron chi connectivity index (χ0n) is 5.17. The molecule has 0 spiro atoms. The molecule has 0 atom stereocenters. The molecule has 0 saturated carbocycles. The summed E-state index contributed by atoms with van der Waals surface area (Å²) in [5.74, 6) is 0. The van der Waals surface area contributed by atoms with E-state index in [9.17, 15) is 0 Å². The van der Waals surface area contributed by atoms with E-state index in [1.165, 1.54) is 21.3 Å². The van der Waals surface area contributed by atoms with E-state index in [2.05, 4.69) is 13.6 Å². The second-order valence-corrected chi connectivity index (χ2v) is 3.41. The molecule has 0 rings (SSSR count). The summed E-state index contributed by atoms with van der Waals surface area (Å²) in [5.41, 5.74) is 0. The van der Waals surface area contributed by atoms with Crippen molar-refractivity contribution in [2.45, 2.75) is 0 Å². The van der Waals surface area contributed by atoms with E-state index in [1.807, 2.05) is 0 Å². The molecule has 0 bridgehead atoms. The molecule has 8 heavy (non-hydrogen) atoms. The molecule has 0 aliphatic carbocycles. The van der Waals surface area contributed by atoms with Gasteiger partial charge in [-0.1, -0.05) is 0 Å². The molecule has 0 amide bonds. The van der Waals surface area contributed by atoms with E-state index in [0.29, 0.717) is 0 Å². The molecule has 1 N–H and O–H groups in total. The summed E-state index contributed by atoms with van der Waals surface area (Å²) in [7, 11) is 0.826. The Balaban J connectivity index is 3.58. The van der Waals surface area contributed by atoms with Crippen LogP contribution in [-0.2, 0) is 13.6 Å². The second kappa shape index (κ2) is 3.33. The molecule has 52 valence electrons. The standard InChI is InChI=1S/C3H11O4P/c1-5-8(4,6-2)7-3/h4,8H,1-3H3. The summed E-state index contributed by atoms with van der Waals surface area (Å²) in [6.07, 6.45) is 0. The van der Waals surface area contributed by atoms with Gasteiger partial charge in [-0.15, -0.1) is 0 Å². The molecule has 0 radical (unpaired) electrons. The Morgan fingerprint density at radius 2 is 1.25 bits per heavy atom. The van der Waals surface area contributed by atoms with Gasteiger partial charge in [-0.2, -0.15) is 0 Å². The first kappa shape index (κ1) is 8.27. The summed E-state index contributed by atoms with van der Waals surface area (Å²) in [4.78, 5) is 8.91. The topological polar surface area (TPSA) is 47.9 Å². The summed E-state index contributed by atoms with van der Waals surface area (Å²) in [5, 5.41) is 0. The molecule has 0 aromatic heterocycles. The van der Waals surface area contributed by atoms with Gasteiger partial charge in [-0.25, -0.2) is 0 Å². The van der Waals surface area contributed by atoms with Crippen LogP contribution < -0.4 is 0 Å². The van der Waals surface area contributed by atoms with Crippen LogP contribution in [0.5, 0.6) is 0 Å². The van der Waals surface area contributed by atoms with Crippen LogP contribution in [0.4, 0.5) is 0 Å². The Kier molecular flexibility index (Phi) is 3.44. The van der Waals surface area contributed by atoms with E-state index in [-0.39, 0.29) is 0 Å². The van der Waals surface area contributed by atoms with Gasteiger partial charge >= 0.3 is 48.0 Å². The van der Waals surface area contributed by atoms with Crippen LogP contribution in [0, 0.1) is 0 Å². The second-order valence-electron chi connectivity index (χ2n) is 1.14. The Bertz CT molecular complexity index is 54.0. The molecule has 5 heteroatoms. The SMILES string of the molecule is CO[PH](O)(OC)OC. The van der Waals surface area contributed by atoms with E-state index in [0.717, 1.165) is 0 Å². The van der Waals surface area contributed by atoms with Crippen LogP contribution in [-0.4, -0.2) is 26.2 Å². The fourth-order valence-electron chi connectivity index (χ4n) is 0.250. The van der Waals surface area contributed by atoms with Crippen molar-refractivity contribution < 1.29 is 18.5 Å². The van der Waals surface area contributed by atoms with E-state index >= 15 is 0 Å². The molecule has 0 aromatic carbocycles. The van der Waals surface area contributed by atoms with Gasteiger partial charge in [-0.3, -0.25) is 0 Å². The maximum absolute atomic E-state index is 8.91. The third kappa shape index (κ3) is 2.03. The van der Waals surface area contributed by atoms with Crippen LogP contribution in [0.25, 0.3) is 0 Å². The van der Waals surface area contributed by atoms with Crippen molar-refractivity contribution in [1.82, 2.24) is 0 Å². The first-order valence-corrected chi connectivity index (χ1v) is 3.73. The van der Waals surface area contributed by atoms with Gasteiger partial charge < -0.3 is 0 Å². The zero-order chi connectivity index (χ0) is 6.62. The van der Waals surface area contributed by atoms with Crippen molar-refractivity contribution >= 4 is 8.17 Å². The Labute approximate surface area is 49.0 Å². The zero-order valence-corrected chi connectivity index (χ0v) is 6.17. The summed E-state index contributed by atoms with van der Waals surface area (Å²) < 4.78 is 13.5. The molecule has 0 aliphatic rings. The van der Waals surface area contributed by atoms with Crippen LogP contribution >= 0.6 is 8.17 Å². The van der Waals surface area contributed by atoms with Crippen LogP contribution in [0.3, 0.4) is 0 Å². The molecular formula is C3H11O4P. The first-order chi connectivity index (χ1) is 3.68. The molecular weight excluding hydrogens is 131 g/mol. The van der Waals surface area contributed by atoms with E-state index < -0.39 is 8.17 Å².